The molecule has 1 unspecified atom stereocenters. The van der Waals surface area contributed by atoms with Gasteiger partial charge in [0.15, 0.2) is 0 Å². The Hall–Kier alpha value is -0.800. The molecule has 2 aromatic heterocycles. The van der Waals surface area contributed by atoms with E-state index in [9.17, 15) is 4.79 Å². The first-order valence-electron chi connectivity index (χ1n) is 8.08. The molecule has 4 rings (SSSR count). The fraction of sp³-hybridized carbons (Fsp3) is 0.278. The topological polar surface area (TPSA) is 51.3 Å². The number of fused-ring (bicyclic) bond motifs is 1. The summed E-state index contributed by atoms with van der Waals surface area (Å²) in [6.45, 7) is 1.29. The number of aromatic amines is 1. The Morgan fingerprint density at radius 3 is 2.81 bits per heavy atom. The van der Waals surface area contributed by atoms with Crippen LogP contribution in [-0.4, -0.2) is 24.3 Å². The summed E-state index contributed by atoms with van der Waals surface area (Å²) in [6, 6.07) is 7.31. The lowest BCUT2D eigenvalue weighted by Gasteiger charge is -2.26. The van der Waals surface area contributed by atoms with Crippen molar-refractivity contribution in [2.45, 2.75) is 18.9 Å². The van der Waals surface area contributed by atoms with Crippen molar-refractivity contribution in [3.63, 3.8) is 0 Å². The van der Waals surface area contributed by atoms with Crippen LogP contribution in [0.25, 0.3) is 21.3 Å². The minimum Gasteiger partial charge on any atom is -0.492 e. The van der Waals surface area contributed by atoms with Crippen molar-refractivity contribution in [3.05, 3.63) is 47.5 Å². The fourth-order valence-corrected chi connectivity index (χ4v) is 4.60. The summed E-state index contributed by atoms with van der Waals surface area (Å²) < 4.78 is 13.1. The normalized spacial score (nSPS) is 16.7. The SMILES string of the molecule is O=c1[nH]c2cc(Cl)c(I)cc2c(OCCC2CCO2)c1-c1ccc(Cl)s1. The maximum absolute atomic E-state index is 12.8. The largest absolute Gasteiger partial charge is 0.492 e. The van der Waals surface area contributed by atoms with Crippen LogP contribution in [0, 0.1) is 3.57 Å². The number of halogens is 3. The van der Waals surface area contributed by atoms with Crippen molar-refractivity contribution in [3.8, 4) is 16.2 Å². The Balaban J connectivity index is 1.83. The Kier molecular flexibility index (Phi) is 5.48. The molecular weight excluding hydrogens is 508 g/mol. The highest BCUT2D eigenvalue weighted by Gasteiger charge is 2.21. The van der Waals surface area contributed by atoms with Crippen LogP contribution in [0.15, 0.2) is 29.1 Å². The molecule has 0 radical (unpaired) electrons. The van der Waals surface area contributed by atoms with Gasteiger partial charge in [-0.25, -0.2) is 0 Å². The smallest absolute Gasteiger partial charge is 0.260 e. The average molecular weight is 522 g/mol. The number of benzene rings is 1. The first-order valence-corrected chi connectivity index (χ1v) is 10.7. The van der Waals surface area contributed by atoms with Gasteiger partial charge in [-0.15, -0.1) is 11.3 Å². The molecule has 0 amide bonds. The summed E-state index contributed by atoms with van der Waals surface area (Å²) in [5.41, 5.74) is 0.937. The highest BCUT2D eigenvalue weighted by atomic mass is 127. The molecule has 8 heteroatoms. The Labute approximate surface area is 177 Å². The van der Waals surface area contributed by atoms with Crippen LogP contribution in [0.1, 0.15) is 12.8 Å². The van der Waals surface area contributed by atoms with E-state index in [1.807, 2.05) is 12.1 Å². The van der Waals surface area contributed by atoms with Crippen molar-refractivity contribution in [1.29, 1.82) is 0 Å². The predicted octanol–water partition coefficient (Wildman–Crippen LogP) is 5.73. The van der Waals surface area contributed by atoms with E-state index in [1.165, 1.54) is 11.3 Å². The van der Waals surface area contributed by atoms with E-state index in [0.717, 1.165) is 33.3 Å². The van der Waals surface area contributed by atoms with Gasteiger partial charge in [0.05, 0.1) is 33.1 Å². The van der Waals surface area contributed by atoms with Gasteiger partial charge in [-0.3, -0.25) is 4.79 Å². The molecule has 0 bridgehead atoms. The monoisotopic (exact) mass is 521 g/mol. The quantitative estimate of drug-likeness (QED) is 0.436. The van der Waals surface area contributed by atoms with E-state index in [1.54, 1.807) is 12.1 Å². The number of hydrogen-bond acceptors (Lipinski definition) is 4. The molecule has 0 saturated carbocycles. The third-order valence-corrected chi connectivity index (χ3v) is 7.08. The molecule has 3 aromatic rings. The summed E-state index contributed by atoms with van der Waals surface area (Å²) >= 11 is 15.8. The molecule has 1 aliphatic rings. The predicted molar refractivity (Wildman–Crippen MR) is 115 cm³/mol. The van der Waals surface area contributed by atoms with Gasteiger partial charge in [0, 0.05) is 26.9 Å². The first-order chi connectivity index (χ1) is 12.5. The molecule has 4 nitrogen and oxygen atoms in total. The second-order valence-corrected chi connectivity index (χ2v) is 9.28. The summed E-state index contributed by atoms with van der Waals surface area (Å²) in [7, 11) is 0. The highest BCUT2D eigenvalue weighted by Crippen LogP contribution is 2.39. The minimum absolute atomic E-state index is 0.219. The first kappa shape index (κ1) is 18.6. The number of thiophene rings is 1. The minimum atomic E-state index is -0.219. The standard InChI is InChI=1S/C18H14Cl2INO3S/c19-11-8-13-10(7-12(11)21)17(25-6-4-9-3-5-24-9)16(18(23)22-13)14-1-2-15(20)26-14/h1-2,7-9H,3-6H2,(H,22,23). The van der Waals surface area contributed by atoms with E-state index in [4.69, 9.17) is 32.7 Å². The number of pyridine rings is 1. The van der Waals surface area contributed by atoms with Crippen molar-refractivity contribution in [1.82, 2.24) is 4.98 Å². The molecular formula is C18H14Cl2INO3S. The van der Waals surface area contributed by atoms with Crippen LogP contribution in [0.4, 0.5) is 0 Å². The van der Waals surface area contributed by atoms with Crippen LogP contribution >= 0.6 is 57.1 Å². The van der Waals surface area contributed by atoms with Crippen LogP contribution in [0.5, 0.6) is 5.75 Å². The van der Waals surface area contributed by atoms with Crippen molar-refractivity contribution in [2.75, 3.05) is 13.2 Å². The second-order valence-electron chi connectivity index (χ2n) is 5.99. The van der Waals surface area contributed by atoms with Gasteiger partial charge in [-0.1, -0.05) is 23.2 Å². The van der Waals surface area contributed by atoms with Gasteiger partial charge in [0.25, 0.3) is 5.56 Å². The van der Waals surface area contributed by atoms with Crippen LogP contribution < -0.4 is 10.3 Å². The fourth-order valence-electron chi connectivity index (χ4n) is 2.89. The number of nitrogens with one attached hydrogen (secondary N) is 1. The third kappa shape index (κ3) is 3.62. The molecule has 1 atom stereocenters. The molecule has 0 aliphatic carbocycles. The van der Waals surface area contributed by atoms with E-state index in [2.05, 4.69) is 27.6 Å². The van der Waals surface area contributed by atoms with E-state index in [-0.39, 0.29) is 11.7 Å². The number of hydrogen-bond donors (Lipinski definition) is 1. The zero-order valence-corrected chi connectivity index (χ0v) is 18.0. The Morgan fingerprint density at radius 2 is 2.15 bits per heavy atom. The highest BCUT2D eigenvalue weighted by molar-refractivity contribution is 14.1. The summed E-state index contributed by atoms with van der Waals surface area (Å²) in [4.78, 5) is 16.5. The van der Waals surface area contributed by atoms with Crippen molar-refractivity contribution in [2.24, 2.45) is 0 Å². The molecule has 1 aromatic carbocycles. The van der Waals surface area contributed by atoms with Gasteiger partial charge in [0.1, 0.15) is 5.75 Å². The molecule has 1 aliphatic heterocycles. The summed E-state index contributed by atoms with van der Waals surface area (Å²) in [5.74, 6) is 0.566. The number of ether oxygens (including phenoxy) is 2. The van der Waals surface area contributed by atoms with Gasteiger partial charge < -0.3 is 14.5 Å². The van der Waals surface area contributed by atoms with Crippen LogP contribution in [0.3, 0.4) is 0 Å². The molecule has 26 heavy (non-hydrogen) atoms. The van der Waals surface area contributed by atoms with E-state index < -0.39 is 0 Å². The van der Waals surface area contributed by atoms with Crippen LogP contribution in [0.2, 0.25) is 9.36 Å². The molecule has 1 N–H and O–H groups in total. The Bertz CT molecular complexity index is 1030. The maximum atomic E-state index is 12.8. The molecule has 136 valence electrons. The molecule has 1 saturated heterocycles. The van der Waals surface area contributed by atoms with Crippen molar-refractivity contribution >= 4 is 68.0 Å². The molecule has 1 fully saturated rings. The number of H-pyrrole nitrogens is 1. The van der Waals surface area contributed by atoms with E-state index in [0.29, 0.717) is 32.8 Å². The van der Waals surface area contributed by atoms with Crippen LogP contribution in [-0.2, 0) is 4.74 Å². The summed E-state index contributed by atoms with van der Waals surface area (Å²) in [6.07, 6.45) is 2.10. The zero-order chi connectivity index (χ0) is 18.3. The third-order valence-electron chi connectivity index (χ3n) is 4.31. The lowest BCUT2D eigenvalue weighted by Crippen LogP contribution is -2.28. The average Bonchev–Trinajstić information content (AvgIpc) is 2.97. The Morgan fingerprint density at radius 1 is 1.35 bits per heavy atom. The zero-order valence-electron chi connectivity index (χ0n) is 13.5. The number of rotatable bonds is 5. The number of aromatic nitrogens is 1. The van der Waals surface area contributed by atoms with Gasteiger partial charge in [-0.05, 0) is 53.3 Å². The summed E-state index contributed by atoms with van der Waals surface area (Å²) in [5, 5.41) is 1.42. The lowest BCUT2D eigenvalue weighted by molar-refractivity contribution is -0.0595. The van der Waals surface area contributed by atoms with Gasteiger partial charge in [0.2, 0.25) is 0 Å². The lowest BCUT2D eigenvalue weighted by atomic mass is 10.1. The maximum Gasteiger partial charge on any atom is 0.260 e. The van der Waals surface area contributed by atoms with Gasteiger partial charge in [-0.2, -0.15) is 0 Å². The van der Waals surface area contributed by atoms with E-state index >= 15 is 0 Å². The van der Waals surface area contributed by atoms with Crippen molar-refractivity contribution < 1.29 is 9.47 Å². The molecule has 3 heterocycles. The van der Waals surface area contributed by atoms with Gasteiger partial charge >= 0.3 is 0 Å². The molecule has 0 spiro atoms. The second kappa shape index (κ2) is 7.67.